The fourth-order valence-electron chi connectivity index (χ4n) is 2.66. The van der Waals surface area contributed by atoms with Crippen LogP contribution in [0.15, 0.2) is 18.2 Å². The summed E-state index contributed by atoms with van der Waals surface area (Å²) in [6, 6.07) is 5.94. The van der Waals surface area contributed by atoms with Gasteiger partial charge in [-0.05, 0) is 55.9 Å². The highest BCUT2D eigenvalue weighted by Gasteiger charge is 2.25. The number of benzene rings is 1. The van der Waals surface area contributed by atoms with Gasteiger partial charge in [-0.15, -0.1) is 0 Å². The molecule has 0 saturated carbocycles. The van der Waals surface area contributed by atoms with Gasteiger partial charge in [-0.1, -0.05) is 6.07 Å². The van der Waals surface area contributed by atoms with Crippen LogP contribution in [0.4, 0.5) is 5.69 Å². The molecule has 1 saturated heterocycles. The molecule has 1 heterocycles. The number of hydrogen-bond acceptors (Lipinski definition) is 3. The molecule has 0 atom stereocenters. The fourth-order valence-corrected chi connectivity index (χ4v) is 4.25. The van der Waals surface area contributed by atoms with Crippen LogP contribution in [0.5, 0.6) is 0 Å². The second kappa shape index (κ2) is 5.95. The van der Waals surface area contributed by atoms with Crippen LogP contribution in [0, 0.1) is 19.8 Å². The molecule has 1 aromatic rings. The molecule has 0 spiro atoms. The molecule has 0 aromatic heterocycles. The fraction of sp³-hybridized carbons (Fsp3) is 0.533. The van der Waals surface area contributed by atoms with Gasteiger partial charge in [-0.2, -0.15) is 0 Å². The highest BCUT2D eigenvalue weighted by Crippen LogP contribution is 2.23. The van der Waals surface area contributed by atoms with E-state index in [2.05, 4.69) is 11.4 Å². The van der Waals surface area contributed by atoms with Crippen LogP contribution < -0.4 is 5.32 Å². The van der Waals surface area contributed by atoms with Gasteiger partial charge >= 0.3 is 0 Å². The Labute approximate surface area is 120 Å². The Morgan fingerprint density at radius 3 is 2.25 bits per heavy atom. The van der Waals surface area contributed by atoms with Crippen LogP contribution >= 0.6 is 0 Å². The monoisotopic (exact) mass is 295 g/mol. The van der Waals surface area contributed by atoms with Crippen LogP contribution in [-0.2, 0) is 14.6 Å². The average molecular weight is 295 g/mol. The molecule has 0 radical (unpaired) electrons. The van der Waals surface area contributed by atoms with E-state index in [1.165, 1.54) is 0 Å². The van der Waals surface area contributed by atoms with Crippen molar-refractivity contribution in [2.45, 2.75) is 33.1 Å². The molecular weight excluding hydrogens is 274 g/mol. The molecule has 2 rings (SSSR count). The number of amides is 1. The van der Waals surface area contributed by atoms with Crippen LogP contribution in [0.1, 0.15) is 30.4 Å². The van der Waals surface area contributed by atoms with Crippen LogP contribution in [-0.4, -0.2) is 25.8 Å². The maximum Gasteiger partial charge on any atom is 0.224 e. The van der Waals surface area contributed by atoms with Gasteiger partial charge < -0.3 is 5.32 Å². The lowest BCUT2D eigenvalue weighted by Gasteiger charge is -2.21. The van der Waals surface area contributed by atoms with E-state index in [9.17, 15) is 13.2 Å². The predicted molar refractivity (Wildman–Crippen MR) is 80.5 cm³/mol. The highest BCUT2D eigenvalue weighted by molar-refractivity contribution is 7.91. The van der Waals surface area contributed by atoms with Crippen molar-refractivity contribution >= 4 is 21.4 Å². The van der Waals surface area contributed by atoms with Gasteiger partial charge in [-0.3, -0.25) is 4.79 Å². The first-order chi connectivity index (χ1) is 9.34. The third-order valence-corrected chi connectivity index (χ3v) is 5.37. The second-order valence-corrected chi connectivity index (χ2v) is 8.03. The molecule has 1 amide bonds. The molecule has 1 aliphatic rings. The van der Waals surface area contributed by atoms with Gasteiger partial charge in [0.15, 0.2) is 0 Å². The summed E-state index contributed by atoms with van der Waals surface area (Å²) in [5.74, 6) is 0.590. The van der Waals surface area contributed by atoms with Gasteiger partial charge in [0.05, 0.1) is 11.5 Å². The zero-order valence-electron chi connectivity index (χ0n) is 12.0. The van der Waals surface area contributed by atoms with Crippen molar-refractivity contribution in [3.63, 3.8) is 0 Å². The SMILES string of the molecule is Cc1cc(C)cc(NC(=O)CC2CCS(=O)(=O)CC2)c1. The summed E-state index contributed by atoms with van der Waals surface area (Å²) < 4.78 is 22.7. The molecule has 0 unspecified atom stereocenters. The summed E-state index contributed by atoms with van der Waals surface area (Å²) in [4.78, 5) is 12.0. The number of rotatable bonds is 3. The predicted octanol–water partition coefficient (Wildman–Crippen LogP) is 2.46. The van der Waals surface area contributed by atoms with Crippen molar-refractivity contribution in [2.75, 3.05) is 16.8 Å². The second-order valence-electron chi connectivity index (χ2n) is 5.72. The van der Waals surface area contributed by atoms with Gasteiger partial charge in [0.25, 0.3) is 0 Å². The minimum Gasteiger partial charge on any atom is -0.326 e. The average Bonchev–Trinajstić information content (AvgIpc) is 2.30. The smallest absolute Gasteiger partial charge is 0.224 e. The van der Waals surface area contributed by atoms with E-state index in [1.807, 2.05) is 26.0 Å². The molecule has 0 aliphatic carbocycles. The van der Waals surface area contributed by atoms with E-state index < -0.39 is 9.84 Å². The lowest BCUT2D eigenvalue weighted by atomic mass is 9.98. The molecular formula is C15H21NO3S. The van der Waals surface area contributed by atoms with Gasteiger partial charge in [-0.25, -0.2) is 8.42 Å². The van der Waals surface area contributed by atoms with E-state index in [-0.39, 0.29) is 23.3 Å². The number of nitrogens with one attached hydrogen (secondary N) is 1. The summed E-state index contributed by atoms with van der Waals surface area (Å²) in [6.45, 7) is 3.99. The number of aryl methyl sites for hydroxylation is 2. The summed E-state index contributed by atoms with van der Waals surface area (Å²) >= 11 is 0. The van der Waals surface area contributed by atoms with E-state index in [4.69, 9.17) is 0 Å². The van der Waals surface area contributed by atoms with E-state index >= 15 is 0 Å². The Morgan fingerprint density at radius 2 is 1.70 bits per heavy atom. The molecule has 110 valence electrons. The van der Waals surface area contributed by atoms with Crippen LogP contribution in [0.3, 0.4) is 0 Å². The molecule has 1 N–H and O–H groups in total. The van der Waals surface area contributed by atoms with Crippen molar-refractivity contribution in [1.82, 2.24) is 0 Å². The molecule has 0 bridgehead atoms. The minimum absolute atomic E-state index is 0.0284. The Balaban J connectivity index is 1.90. The zero-order chi connectivity index (χ0) is 14.8. The van der Waals surface area contributed by atoms with Crippen molar-refractivity contribution in [3.05, 3.63) is 29.3 Å². The third kappa shape index (κ3) is 4.34. The number of sulfone groups is 1. The Hall–Kier alpha value is -1.36. The summed E-state index contributed by atoms with van der Waals surface area (Å²) in [6.07, 6.45) is 1.60. The van der Waals surface area contributed by atoms with E-state index in [0.717, 1.165) is 16.8 Å². The Bertz CT molecular complexity index is 573. The summed E-state index contributed by atoms with van der Waals surface area (Å²) in [7, 11) is -2.85. The zero-order valence-corrected chi connectivity index (χ0v) is 12.8. The molecule has 1 aliphatic heterocycles. The van der Waals surface area contributed by atoms with E-state index in [1.54, 1.807) is 0 Å². The first-order valence-corrected chi connectivity index (χ1v) is 8.75. The highest BCUT2D eigenvalue weighted by atomic mass is 32.2. The maximum absolute atomic E-state index is 12.0. The maximum atomic E-state index is 12.0. The normalized spacial score (nSPS) is 18.7. The lowest BCUT2D eigenvalue weighted by Crippen LogP contribution is -2.26. The largest absolute Gasteiger partial charge is 0.326 e. The van der Waals surface area contributed by atoms with Crippen molar-refractivity contribution in [2.24, 2.45) is 5.92 Å². The molecule has 1 fully saturated rings. The lowest BCUT2D eigenvalue weighted by molar-refractivity contribution is -0.117. The van der Waals surface area contributed by atoms with Crippen LogP contribution in [0.2, 0.25) is 0 Å². The number of carbonyl (C=O) groups excluding carboxylic acids is 1. The number of carbonyl (C=O) groups is 1. The van der Waals surface area contributed by atoms with Crippen molar-refractivity contribution in [1.29, 1.82) is 0 Å². The van der Waals surface area contributed by atoms with Crippen molar-refractivity contribution < 1.29 is 13.2 Å². The Kier molecular flexibility index (Phi) is 4.48. The van der Waals surface area contributed by atoms with Gasteiger partial charge in [0.1, 0.15) is 9.84 Å². The molecule has 4 nitrogen and oxygen atoms in total. The number of anilines is 1. The van der Waals surface area contributed by atoms with Gasteiger partial charge in [0.2, 0.25) is 5.91 Å². The summed E-state index contributed by atoms with van der Waals surface area (Å²) in [5, 5.41) is 2.90. The van der Waals surface area contributed by atoms with Crippen LogP contribution in [0.25, 0.3) is 0 Å². The quantitative estimate of drug-likeness (QED) is 0.931. The van der Waals surface area contributed by atoms with Crippen molar-refractivity contribution in [3.8, 4) is 0 Å². The first-order valence-electron chi connectivity index (χ1n) is 6.93. The molecule has 20 heavy (non-hydrogen) atoms. The third-order valence-electron chi connectivity index (χ3n) is 3.65. The van der Waals surface area contributed by atoms with Gasteiger partial charge in [0, 0.05) is 12.1 Å². The molecule has 1 aromatic carbocycles. The first kappa shape index (κ1) is 15.0. The number of hydrogen-bond donors (Lipinski definition) is 1. The summed E-state index contributed by atoms with van der Waals surface area (Å²) in [5.41, 5.74) is 3.05. The molecule has 5 heteroatoms. The topological polar surface area (TPSA) is 63.2 Å². The van der Waals surface area contributed by atoms with E-state index in [0.29, 0.717) is 19.3 Å². The minimum atomic E-state index is -2.85. The standard InChI is InChI=1S/C15H21NO3S/c1-11-7-12(2)9-14(8-11)16-15(17)10-13-3-5-20(18,19)6-4-13/h7-9,13H,3-6,10H2,1-2H3,(H,16,17). The Morgan fingerprint density at radius 1 is 1.15 bits per heavy atom.